The van der Waals surface area contributed by atoms with Crippen molar-refractivity contribution in [2.75, 3.05) is 6.61 Å². The molecule has 120 valence electrons. The molecule has 0 fully saturated rings. The Morgan fingerprint density at radius 2 is 1.23 bits per heavy atom. The van der Waals surface area contributed by atoms with E-state index in [0.29, 0.717) is 0 Å². The lowest BCUT2D eigenvalue weighted by molar-refractivity contribution is 0.139. The first-order valence-electron chi connectivity index (χ1n) is 6.98. The van der Waals surface area contributed by atoms with Crippen LogP contribution in [0, 0.1) is 5.41 Å². The van der Waals surface area contributed by atoms with Crippen molar-refractivity contribution in [3.63, 3.8) is 0 Å². The standard InChI is InChI=1S/C12H10.C5H13O4P/c1-3-7-11(8-4-1)12-9-5-2-6-10-12;1-5(2,3)4-9-10(6,7)8/h1-10H;4H2,1-3H3,(H2,6,7,8). The van der Waals surface area contributed by atoms with Crippen LogP contribution in [0.25, 0.3) is 11.1 Å². The summed E-state index contributed by atoms with van der Waals surface area (Å²) in [5.41, 5.74) is 2.34. The molecule has 0 spiro atoms. The molecule has 2 aromatic rings. The molecule has 0 aromatic heterocycles. The van der Waals surface area contributed by atoms with E-state index in [2.05, 4.69) is 53.1 Å². The van der Waals surface area contributed by atoms with E-state index < -0.39 is 7.82 Å². The van der Waals surface area contributed by atoms with Crippen LogP contribution in [0.2, 0.25) is 0 Å². The van der Waals surface area contributed by atoms with Crippen molar-refractivity contribution in [3.05, 3.63) is 60.7 Å². The Hall–Kier alpha value is -1.45. The summed E-state index contributed by atoms with van der Waals surface area (Å²) in [4.78, 5) is 16.5. The zero-order valence-corrected chi connectivity index (χ0v) is 14.0. The van der Waals surface area contributed by atoms with Crippen LogP contribution in [-0.4, -0.2) is 16.4 Å². The highest BCUT2D eigenvalue weighted by atomic mass is 31.2. The second-order valence-electron chi connectivity index (χ2n) is 6.06. The van der Waals surface area contributed by atoms with Gasteiger partial charge in [-0.15, -0.1) is 0 Å². The van der Waals surface area contributed by atoms with E-state index in [1.807, 2.05) is 32.9 Å². The van der Waals surface area contributed by atoms with E-state index in [1.165, 1.54) is 11.1 Å². The van der Waals surface area contributed by atoms with E-state index in [9.17, 15) is 4.57 Å². The van der Waals surface area contributed by atoms with Gasteiger partial charge in [-0.25, -0.2) is 4.57 Å². The van der Waals surface area contributed by atoms with Gasteiger partial charge in [0.15, 0.2) is 0 Å². The smallest absolute Gasteiger partial charge is 0.303 e. The highest BCUT2D eigenvalue weighted by molar-refractivity contribution is 7.46. The van der Waals surface area contributed by atoms with Crippen molar-refractivity contribution < 1.29 is 18.9 Å². The van der Waals surface area contributed by atoms with Gasteiger partial charge in [0, 0.05) is 0 Å². The SMILES string of the molecule is CC(C)(C)COP(=O)(O)O.c1ccc(-c2ccccc2)cc1. The van der Waals surface area contributed by atoms with Crippen molar-refractivity contribution in [1.82, 2.24) is 0 Å². The molecule has 0 heterocycles. The van der Waals surface area contributed by atoms with E-state index in [1.54, 1.807) is 0 Å². The molecular weight excluding hydrogens is 299 g/mol. The first-order chi connectivity index (χ1) is 10.2. The van der Waals surface area contributed by atoms with Gasteiger partial charge in [0.25, 0.3) is 0 Å². The molecule has 2 N–H and O–H groups in total. The molecule has 0 aliphatic rings. The molecule has 0 saturated heterocycles. The van der Waals surface area contributed by atoms with Gasteiger partial charge in [-0.05, 0) is 16.5 Å². The molecule has 4 nitrogen and oxygen atoms in total. The second kappa shape index (κ2) is 8.25. The van der Waals surface area contributed by atoms with Gasteiger partial charge in [0.2, 0.25) is 0 Å². The Balaban J connectivity index is 0.000000225. The monoisotopic (exact) mass is 322 g/mol. The minimum atomic E-state index is -4.26. The molecule has 0 atom stereocenters. The van der Waals surface area contributed by atoms with Gasteiger partial charge < -0.3 is 9.79 Å². The van der Waals surface area contributed by atoms with Crippen LogP contribution in [0.1, 0.15) is 20.8 Å². The Morgan fingerprint density at radius 1 is 0.864 bits per heavy atom. The van der Waals surface area contributed by atoms with Crippen LogP contribution in [0.15, 0.2) is 60.7 Å². The highest BCUT2D eigenvalue weighted by Gasteiger charge is 2.19. The Morgan fingerprint density at radius 3 is 1.45 bits per heavy atom. The van der Waals surface area contributed by atoms with Gasteiger partial charge in [-0.2, -0.15) is 0 Å². The summed E-state index contributed by atoms with van der Waals surface area (Å²) in [6.45, 7) is 5.57. The van der Waals surface area contributed by atoms with E-state index >= 15 is 0 Å². The molecule has 0 amide bonds. The normalized spacial score (nSPS) is 11.5. The fraction of sp³-hybridized carbons (Fsp3) is 0.294. The van der Waals surface area contributed by atoms with Gasteiger partial charge >= 0.3 is 7.82 Å². The lowest BCUT2D eigenvalue weighted by Crippen LogP contribution is -2.13. The van der Waals surface area contributed by atoms with Crippen LogP contribution in [0.4, 0.5) is 0 Å². The maximum absolute atomic E-state index is 10.2. The number of rotatable bonds is 3. The zero-order chi connectivity index (χ0) is 16.6. The number of hydrogen-bond acceptors (Lipinski definition) is 2. The summed E-state index contributed by atoms with van der Waals surface area (Å²) in [6, 6.07) is 20.8. The third-order valence-corrected chi connectivity index (χ3v) is 3.01. The second-order valence-corrected chi connectivity index (χ2v) is 7.30. The summed E-state index contributed by atoms with van der Waals surface area (Å²) in [5.74, 6) is 0. The summed E-state index contributed by atoms with van der Waals surface area (Å²) in [7, 11) is -4.26. The summed E-state index contributed by atoms with van der Waals surface area (Å²) in [6.07, 6.45) is 0. The molecule has 5 heteroatoms. The summed E-state index contributed by atoms with van der Waals surface area (Å²) in [5, 5.41) is 0. The molecule has 0 aliphatic carbocycles. The summed E-state index contributed by atoms with van der Waals surface area (Å²) < 4.78 is 14.4. The lowest BCUT2D eigenvalue weighted by Gasteiger charge is -2.17. The molecule has 0 radical (unpaired) electrons. The third kappa shape index (κ3) is 8.75. The van der Waals surface area contributed by atoms with Gasteiger partial charge in [0.1, 0.15) is 0 Å². The Kier molecular flexibility index (Phi) is 6.98. The molecule has 22 heavy (non-hydrogen) atoms. The highest BCUT2D eigenvalue weighted by Crippen LogP contribution is 2.37. The van der Waals surface area contributed by atoms with Gasteiger partial charge in [0.05, 0.1) is 6.61 Å². The number of benzene rings is 2. The third-order valence-electron chi connectivity index (χ3n) is 2.55. The van der Waals surface area contributed by atoms with Crippen molar-refractivity contribution in [3.8, 4) is 11.1 Å². The number of phosphoric ester groups is 1. The Labute approximate surface area is 132 Å². The largest absolute Gasteiger partial charge is 0.469 e. The first kappa shape index (κ1) is 18.6. The quantitative estimate of drug-likeness (QED) is 0.817. The fourth-order valence-electron chi connectivity index (χ4n) is 1.54. The predicted octanol–water partition coefficient (Wildman–Crippen LogP) is 4.50. The minimum Gasteiger partial charge on any atom is -0.303 e. The molecule has 2 rings (SSSR count). The van der Waals surface area contributed by atoms with Crippen molar-refractivity contribution in [1.29, 1.82) is 0 Å². The summed E-state index contributed by atoms with van der Waals surface area (Å²) >= 11 is 0. The molecule has 0 bridgehead atoms. The van der Waals surface area contributed by atoms with E-state index in [4.69, 9.17) is 9.79 Å². The zero-order valence-electron chi connectivity index (χ0n) is 13.1. The van der Waals surface area contributed by atoms with Crippen molar-refractivity contribution in [2.45, 2.75) is 20.8 Å². The van der Waals surface area contributed by atoms with Gasteiger partial charge in [-0.3, -0.25) is 4.52 Å². The molecule has 0 aliphatic heterocycles. The van der Waals surface area contributed by atoms with Crippen LogP contribution in [0.3, 0.4) is 0 Å². The topological polar surface area (TPSA) is 66.8 Å². The van der Waals surface area contributed by atoms with Crippen LogP contribution < -0.4 is 0 Å². The van der Waals surface area contributed by atoms with Crippen LogP contribution >= 0.6 is 7.82 Å². The molecular formula is C17H23O4P. The number of phosphoric acid groups is 1. The molecule has 2 aromatic carbocycles. The van der Waals surface area contributed by atoms with Crippen LogP contribution in [-0.2, 0) is 9.09 Å². The average molecular weight is 322 g/mol. The first-order valence-corrected chi connectivity index (χ1v) is 8.51. The van der Waals surface area contributed by atoms with Crippen molar-refractivity contribution in [2.24, 2.45) is 5.41 Å². The molecule has 0 saturated carbocycles. The Bertz CT molecular complexity index is 548. The average Bonchev–Trinajstić information content (AvgIpc) is 2.47. The predicted molar refractivity (Wildman–Crippen MR) is 89.3 cm³/mol. The number of hydrogen-bond donors (Lipinski definition) is 2. The fourth-order valence-corrected chi connectivity index (χ4v) is 2.09. The van der Waals surface area contributed by atoms with Crippen LogP contribution in [0.5, 0.6) is 0 Å². The minimum absolute atomic E-state index is 0.0667. The lowest BCUT2D eigenvalue weighted by atomic mass is 9.99. The van der Waals surface area contributed by atoms with Gasteiger partial charge in [-0.1, -0.05) is 81.4 Å². The molecule has 0 unspecified atom stereocenters. The van der Waals surface area contributed by atoms with E-state index in [0.717, 1.165) is 0 Å². The maximum Gasteiger partial charge on any atom is 0.469 e. The maximum atomic E-state index is 10.2. The van der Waals surface area contributed by atoms with Crippen molar-refractivity contribution >= 4 is 7.82 Å². The van der Waals surface area contributed by atoms with E-state index in [-0.39, 0.29) is 12.0 Å².